The van der Waals surface area contributed by atoms with Crippen molar-refractivity contribution in [3.8, 4) is 17.0 Å². The van der Waals surface area contributed by atoms with Gasteiger partial charge in [0, 0.05) is 59.9 Å². The zero-order valence-electron chi connectivity index (χ0n) is 26.1. The molecule has 5 rings (SSSR count). The summed E-state index contributed by atoms with van der Waals surface area (Å²) in [5.74, 6) is -0.122. The van der Waals surface area contributed by atoms with Crippen LogP contribution >= 0.6 is 0 Å². The van der Waals surface area contributed by atoms with Gasteiger partial charge in [-0.1, -0.05) is 41.3 Å². The number of H-pyrrole nitrogens is 1. The van der Waals surface area contributed by atoms with Crippen molar-refractivity contribution in [2.24, 2.45) is 0 Å². The summed E-state index contributed by atoms with van der Waals surface area (Å²) in [4.78, 5) is 35.9. The first-order valence-corrected chi connectivity index (χ1v) is 15.9. The third-order valence-corrected chi connectivity index (χ3v) is 8.12. The lowest BCUT2D eigenvalue weighted by molar-refractivity contribution is -0.466. The predicted molar refractivity (Wildman–Crippen MR) is 175 cm³/mol. The third-order valence-electron chi connectivity index (χ3n) is 8.12. The number of carbonyl (C=O) groups is 1. The Balaban J connectivity index is 1.20. The number of carbonyl (C=O) groups excluding carboxylic acids is 1. The summed E-state index contributed by atoms with van der Waals surface area (Å²) < 4.78 is 33.8. The number of unbranched alkanes of at least 4 members (excludes halogenated alkanes) is 1. The van der Waals surface area contributed by atoms with Crippen LogP contribution in [-0.4, -0.2) is 59.5 Å². The first-order valence-electron chi connectivity index (χ1n) is 15.9. The molecule has 0 saturated heterocycles. The molecule has 0 unspecified atom stereocenters. The lowest BCUT2D eigenvalue weighted by Gasteiger charge is -2.24. The maximum absolute atomic E-state index is 13.7. The summed E-state index contributed by atoms with van der Waals surface area (Å²) in [5.41, 5.74) is 3.50. The van der Waals surface area contributed by atoms with Crippen molar-refractivity contribution in [1.82, 2.24) is 14.9 Å². The van der Waals surface area contributed by atoms with Gasteiger partial charge in [0.25, 0.3) is 0 Å². The monoisotopic (exact) mass is 631 g/mol. The molecule has 2 aromatic heterocycles. The number of pyridine rings is 1. The number of aryl methyl sites for hydroxylation is 2. The van der Waals surface area contributed by atoms with Gasteiger partial charge in [-0.3, -0.25) is 15.0 Å². The van der Waals surface area contributed by atoms with E-state index in [1.807, 2.05) is 30.3 Å². The second-order valence-corrected chi connectivity index (χ2v) is 11.6. The standard InChI is InChI=1S/C35H41F2N6O3/c1-25(44)32(41-34-24-38-23-33(43(34)45)26-8-3-2-4-9-26)14-17-42(18-19-46-31-21-28(36)20-29(37)22-31)16-6-5-11-30-13-12-27-10-7-15-39-35(27)40-30/h2-4,8-9,12-13,20-24,32,41H,5-7,10-11,14-19H2,1H3,(H,38,45)(H,39,40)/q+1/t32-/m0/s1. The fraction of sp³-hybridized carbons (Fsp3) is 0.371. The van der Waals surface area contributed by atoms with Crippen molar-refractivity contribution in [3.63, 3.8) is 0 Å². The smallest absolute Gasteiger partial charge is 0.336 e. The fourth-order valence-corrected chi connectivity index (χ4v) is 5.61. The molecule has 3 heterocycles. The van der Waals surface area contributed by atoms with Crippen LogP contribution in [0.5, 0.6) is 5.75 Å². The first-order chi connectivity index (χ1) is 22.4. The van der Waals surface area contributed by atoms with Crippen LogP contribution < -0.4 is 19.8 Å². The average Bonchev–Trinajstić information content (AvgIpc) is 3.05. The minimum absolute atomic E-state index is 0.0938. The molecule has 3 N–H and O–H groups in total. The molecule has 0 amide bonds. The Labute approximate surface area is 267 Å². The van der Waals surface area contributed by atoms with E-state index in [4.69, 9.17) is 9.72 Å². The molecule has 0 spiro atoms. The van der Waals surface area contributed by atoms with Gasteiger partial charge in [0.1, 0.15) is 29.8 Å². The van der Waals surface area contributed by atoms with Gasteiger partial charge in [-0.2, -0.15) is 0 Å². The number of Topliss-reactive ketones (excluding diaryl/α,β-unsaturated/α-hetero) is 1. The number of benzene rings is 2. The van der Waals surface area contributed by atoms with Gasteiger partial charge in [0.2, 0.25) is 5.69 Å². The van der Waals surface area contributed by atoms with Gasteiger partial charge in [0.05, 0.1) is 12.4 Å². The summed E-state index contributed by atoms with van der Waals surface area (Å²) in [5, 5.41) is 6.52. The van der Waals surface area contributed by atoms with Crippen LogP contribution in [0.2, 0.25) is 0 Å². The summed E-state index contributed by atoms with van der Waals surface area (Å²) in [6.45, 7) is 4.43. The Kier molecular flexibility index (Phi) is 11.4. The molecule has 0 bridgehead atoms. The molecule has 4 aromatic rings. The highest BCUT2D eigenvalue weighted by Gasteiger charge is 2.24. The molecule has 46 heavy (non-hydrogen) atoms. The molecular formula is C35H41F2N6O3+. The molecule has 0 fully saturated rings. The molecule has 0 radical (unpaired) electrons. The van der Waals surface area contributed by atoms with E-state index in [2.05, 4.69) is 32.7 Å². The Morgan fingerprint density at radius 1 is 1.04 bits per heavy atom. The zero-order valence-corrected chi connectivity index (χ0v) is 26.1. The van der Waals surface area contributed by atoms with Crippen molar-refractivity contribution >= 4 is 17.4 Å². The normalized spacial score (nSPS) is 13.1. The molecular weight excluding hydrogens is 590 g/mol. The molecule has 11 heteroatoms. The van der Waals surface area contributed by atoms with Crippen LogP contribution in [-0.2, 0) is 17.6 Å². The van der Waals surface area contributed by atoms with Crippen molar-refractivity contribution in [2.75, 3.05) is 43.4 Å². The van der Waals surface area contributed by atoms with Crippen LogP contribution in [0.3, 0.4) is 0 Å². The van der Waals surface area contributed by atoms with Gasteiger partial charge in [-0.25, -0.2) is 13.8 Å². The summed E-state index contributed by atoms with van der Waals surface area (Å²) in [6.07, 6.45) is 8.43. The number of nitrogens with one attached hydrogen (secondary N) is 3. The van der Waals surface area contributed by atoms with Gasteiger partial charge >= 0.3 is 5.82 Å². The maximum atomic E-state index is 13.7. The summed E-state index contributed by atoms with van der Waals surface area (Å²) >= 11 is 0. The number of fused-ring (bicyclic) bond motifs is 1. The van der Waals surface area contributed by atoms with E-state index in [0.29, 0.717) is 25.2 Å². The predicted octanol–water partition coefficient (Wildman–Crippen LogP) is 5.79. The van der Waals surface area contributed by atoms with E-state index in [1.54, 1.807) is 12.4 Å². The molecule has 1 aliphatic rings. The van der Waals surface area contributed by atoms with E-state index >= 15 is 0 Å². The number of hydrogen-bond donors (Lipinski definition) is 3. The van der Waals surface area contributed by atoms with Crippen LogP contribution in [0.4, 0.5) is 20.4 Å². The van der Waals surface area contributed by atoms with Gasteiger partial charge in [0.15, 0.2) is 11.8 Å². The Morgan fingerprint density at radius 2 is 1.85 bits per heavy atom. The maximum Gasteiger partial charge on any atom is 0.336 e. The summed E-state index contributed by atoms with van der Waals surface area (Å²) in [6, 6.07) is 16.1. The molecule has 1 aliphatic heterocycles. The highest BCUT2D eigenvalue weighted by molar-refractivity contribution is 5.83. The van der Waals surface area contributed by atoms with E-state index in [0.717, 1.165) is 84.9 Å². The largest absolute Gasteiger partial charge is 0.492 e. The zero-order chi connectivity index (χ0) is 32.3. The minimum Gasteiger partial charge on any atom is -0.492 e. The first kappa shape index (κ1) is 32.7. The quantitative estimate of drug-likeness (QED) is 0.106. The number of rotatable bonds is 16. The number of halogens is 2. The van der Waals surface area contributed by atoms with Crippen molar-refractivity contribution in [2.45, 2.75) is 51.5 Å². The number of nitrogens with zero attached hydrogens (tertiary/aromatic N) is 3. The molecule has 242 valence electrons. The number of hydrogen-bond acceptors (Lipinski definition) is 7. The SMILES string of the molecule is CC(=O)[C@H](CCN(CCCCc1ccc2c(n1)NCCC2)CCOc1cc(F)cc(F)c1)Nc1c[nH]cc(-c2ccccc2)[n+]1=O. The Hall–Kier alpha value is -4.64. The topological polar surface area (TPSA) is 105 Å². The Bertz CT molecular complexity index is 1650. The van der Waals surface area contributed by atoms with E-state index in [9.17, 15) is 18.5 Å². The van der Waals surface area contributed by atoms with E-state index < -0.39 is 17.7 Å². The molecule has 0 aliphatic carbocycles. The van der Waals surface area contributed by atoms with Crippen LogP contribution in [0, 0.1) is 16.5 Å². The Morgan fingerprint density at radius 3 is 2.63 bits per heavy atom. The second-order valence-electron chi connectivity index (χ2n) is 11.6. The molecule has 9 nitrogen and oxygen atoms in total. The van der Waals surface area contributed by atoms with E-state index in [1.165, 1.54) is 12.5 Å². The van der Waals surface area contributed by atoms with Gasteiger partial charge < -0.3 is 15.0 Å². The molecule has 0 saturated carbocycles. The molecule has 1 atom stereocenters. The van der Waals surface area contributed by atoms with Crippen molar-refractivity contribution in [3.05, 3.63) is 101 Å². The summed E-state index contributed by atoms with van der Waals surface area (Å²) in [7, 11) is 0. The molecule has 2 aromatic carbocycles. The number of anilines is 2. The van der Waals surface area contributed by atoms with E-state index in [-0.39, 0.29) is 24.0 Å². The van der Waals surface area contributed by atoms with Crippen molar-refractivity contribution in [1.29, 1.82) is 0 Å². The number of aromatic nitrogens is 3. The fourth-order valence-electron chi connectivity index (χ4n) is 5.61. The highest BCUT2D eigenvalue weighted by Crippen LogP contribution is 2.21. The number of ketones is 1. The lowest BCUT2D eigenvalue weighted by atomic mass is 10.1. The van der Waals surface area contributed by atoms with Crippen molar-refractivity contribution < 1.29 is 22.7 Å². The van der Waals surface area contributed by atoms with Gasteiger partial charge in [-0.05, 0) is 57.2 Å². The van der Waals surface area contributed by atoms with Crippen LogP contribution in [0.1, 0.15) is 43.9 Å². The number of aromatic amines is 1. The van der Waals surface area contributed by atoms with Gasteiger partial charge in [-0.15, -0.1) is 0 Å². The number of ether oxygens (including phenoxy) is 1. The van der Waals surface area contributed by atoms with Crippen LogP contribution in [0.15, 0.2) is 73.1 Å². The lowest BCUT2D eigenvalue weighted by Crippen LogP contribution is -2.38. The average molecular weight is 632 g/mol. The third kappa shape index (κ3) is 9.20. The second kappa shape index (κ2) is 16.1. The highest BCUT2D eigenvalue weighted by atomic mass is 19.1. The minimum atomic E-state index is -0.697. The van der Waals surface area contributed by atoms with Crippen LogP contribution in [0.25, 0.3) is 11.3 Å².